The van der Waals surface area contributed by atoms with E-state index in [0.717, 1.165) is 6.42 Å². The zero-order chi connectivity index (χ0) is 23.9. The largest absolute Gasteiger partial charge is 0.476 e. The number of carbonyl (C=O) groups excluding carboxylic acids is 1. The van der Waals surface area contributed by atoms with E-state index in [1.165, 1.54) is 30.2 Å². The second-order valence-corrected chi connectivity index (χ2v) is 10.8. The number of hydrogen-bond donors (Lipinski definition) is 1. The van der Waals surface area contributed by atoms with Crippen molar-refractivity contribution in [3.8, 4) is 5.88 Å². The first-order valence-electron chi connectivity index (χ1n) is 11.2. The van der Waals surface area contributed by atoms with Crippen LogP contribution < -0.4 is 10.5 Å². The highest BCUT2D eigenvalue weighted by Gasteiger charge is 2.66. The van der Waals surface area contributed by atoms with Crippen LogP contribution in [0.25, 0.3) is 0 Å². The summed E-state index contributed by atoms with van der Waals surface area (Å²) in [6, 6.07) is 4.73. The van der Waals surface area contributed by atoms with Gasteiger partial charge in [0, 0.05) is 30.9 Å². The third-order valence-corrected chi connectivity index (χ3v) is 8.05. The van der Waals surface area contributed by atoms with Crippen LogP contribution in [0.4, 0.5) is 4.39 Å². The smallest absolute Gasteiger partial charge is 0.232 e. The van der Waals surface area contributed by atoms with E-state index in [0.29, 0.717) is 54.5 Å². The average molecular weight is 487 g/mol. The molecule has 8 nitrogen and oxygen atoms in total. The van der Waals surface area contributed by atoms with Gasteiger partial charge in [-0.05, 0) is 31.0 Å². The first kappa shape index (κ1) is 23.2. The van der Waals surface area contributed by atoms with Crippen molar-refractivity contribution in [1.82, 2.24) is 9.97 Å². The minimum atomic E-state index is -0.818. The van der Waals surface area contributed by atoms with E-state index in [2.05, 4.69) is 15.0 Å². The van der Waals surface area contributed by atoms with Crippen LogP contribution in [-0.2, 0) is 21.4 Å². The molecule has 0 unspecified atom stereocenters. The van der Waals surface area contributed by atoms with Gasteiger partial charge in [0.05, 0.1) is 49.1 Å². The number of nitrogens with two attached hydrogens (primary N) is 1. The van der Waals surface area contributed by atoms with Crippen molar-refractivity contribution < 1.29 is 23.4 Å². The van der Waals surface area contributed by atoms with E-state index in [1.54, 1.807) is 19.2 Å². The molecule has 2 aromatic rings. The quantitative estimate of drug-likeness (QED) is 0.539. The lowest BCUT2D eigenvalue weighted by atomic mass is 9.84. The molecule has 2 N–H and O–H groups in total. The van der Waals surface area contributed by atoms with Gasteiger partial charge in [-0.1, -0.05) is 17.8 Å². The molecule has 3 atom stereocenters. The third-order valence-electron chi connectivity index (χ3n) is 6.77. The number of Topliss-reactive ketones (excluding diaryl/α,β-unsaturated/α-hetero) is 1. The molecular formula is C24H27FN4O4S. The fourth-order valence-electron chi connectivity index (χ4n) is 4.79. The number of nitrogens with zero attached hydrogens (tertiary/aromatic N) is 3. The Morgan fingerprint density at radius 2 is 2.15 bits per heavy atom. The maximum atomic E-state index is 15.0. The Bertz CT molecular complexity index is 1130. The number of methoxy groups -OCH3 is 1. The molecule has 1 aromatic carbocycles. The number of benzene rings is 1. The van der Waals surface area contributed by atoms with Gasteiger partial charge >= 0.3 is 0 Å². The molecule has 0 spiro atoms. The number of ketones is 1. The highest BCUT2D eigenvalue weighted by Crippen LogP contribution is 2.65. The summed E-state index contributed by atoms with van der Waals surface area (Å²) in [6.45, 7) is 4.32. The van der Waals surface area contributed by atoms with E-state index in [4.69, 9.17) is 19.9 Å². The number of rotatable bonds is 9. The van der Waals surface area contributed by atoms with Gasteiger partial charge in [-0.3, -0.25) is 9.79 Å². The van der Waals surface area contributed by atoms with Crippen molar-refractivity contribution >= 4 is 22.7 Å². The van der Waals surface area contributed by atoms with Crippen LogP contribution in [0.15, 0.2) is 35.6 Å². The summed E-state index contributed by atoms with van der Waals surface area (Å²) in [5.74, 6) is 0.267. The molecule has 3 heterocycles. The minimum Gasteiger partial charge on any atom is -0.476 e. The Hall–Kier alpha value is -2.56. The van der Waals surface area contributed by atoms with Crippen molar-refractivity contribution in [1.29, 1.82) is 0 Å². The molecule has 34 heavy (non-hydrogen) atoms. The van der Waals surface area contributed by atoms with Gasteiger partial charge < -0.3 is 19.9 Å². The van der Waals surface area contributed by atoms with E-state index in [-0.39, 0.29) is 34.4 Å². The molecule has 0 amide bonds. The molecule has 1 saturated heterocycles. The number of carbonyl (C=O) groups is 1. The van der Waals surface area contributed by atoms with Crippen molar-refractivity contribution in [2.75, 3.05) is 33.5 Å². The molecule has 1 saturated carbocycles. The maximum Gasteiger partial charge on any atom is 0.232 e. The van der Waals surface area contributed by atoms with Crippen LogP contribution in [-0.4, -0.2) is 59.2 Å². The zero-order valence-corrected chi connectivity index (χ0v) is 19.9. The van der Waals surface area contributed by atoms with Gasteiger partial charge in [-0.25, -0.2) is 14.4 Å². The fraction of sp³-hybridized carbons (Fsp3) is 0.500. The predicted molar refractivity (Wildman–Crippen MR) is 126 cm³/mol. The Labute approximate surface area is 201 Å². The Balaban J connectivity index is 1.31. The predicted octanol–water partition coefficient (Wildman–Crippen LogP) is 2.75. The summed E-state index contributed by atoms with van der Waals surface area (Å²) in [4.78, 5) is 25.9. The van der Waals surface area contributed by atoms with E-state index < -0.39 is 5.54 Å². The second-order valence-electron chi connectivity index (χ2n) is 9.32. The Morgan fingerprint density at radius 3 is 2.82 bits per heavy atom. The van der Waals surface area contributed by atoms with Gasteiger partial charge in [0.2, 0.25) is 5.88 Å². The number of aliphatic imine (C=N–C) groups is 1. The molecule has 0 bridgehead atoms. The molecule has 180 valence electrons. The van der Waals surface area contributed by atoms with Gasteiger partial charge in [0.15, 0.2) is 11.0 Å². The zero-order valence-electron chi connectivity index (χ0n) is 19.1. The third kappa shape index (κ3) is 4.30. The second kappa shape index (κ2) is 8.90. The van der Waals surface area contributed by atoms with Gasteiger partial charge in [0.1, 0.15) is 11.5 Å². The number of hydrogen-bond acceptors (Lipinski definition) is 9. The molecule has 0 radical (unpaired) electrons. The van der Waals surface area contributed by atoms with Crippen molar-refractivity contribution in [3.63, 3.8) is 0 Å². The number of ether oxygens (including phenoxy) is 3. The number of aromatic nitrogens is 2. The van der Waals surface area contributed by atoms with Crippen LogP contribution in [0.5, 0.6) is 5.88 Å². The lowest BCUT2D eigenvalue weighted by Crippen LogP contribution is -2.37. The topological polar surface area (TPSA) is 109 Å². The first-order valence-corrected chi connectivity index (χ1v) is 12.0. The van der Waals surface area contributed by atoms with E-state index >= 15 is 4.39 Å². The number of thioether (sulfide) groups is 1. The van der Waals surface area contributed by atoms with Gasteiger partial charge in [0.25, 0.3) is 0 Å². The summed E-state index contributed by atoms with van der Waals surface area (Å²) in [5, 5.41) is 0.427. The normalized spacial score (nSPS) is 28.0. The van der Waals surface area contributed by atoms with Crippen LogP contribution in [0.3, 0.4) is 0 Å². The SMILES string of the molecule is COC[C@]12C[C@H]1[C@@](C)(c1cc(CC(=O)c3cnc(OCC4COC4)cn3)ccc1F)N=C(N)S2. The molecule has 1 aliphatic carbocycles. The molecule has 10 heteroatoms. The van der Waals surface area contributed by atoms with Crippen molar-refractivity contribution in [2.24, 2.45) is 22.6 Å². The molecule has 2 aliphatic heterocycles. The van der Waals surface area contributed by atoms with Crippen LogP contribution in [0.2, 0.25) is 0 Å². The Kier molecular flexibility index (Phi) is 6.07. The standard InChI is InChI=1S/C24H27FN4O4S/c1-23(20-7-24(20,13-31-2)34-22(26)29-23)16-5-14(3-4-17(16)25)6-19(30)18-8-28-21(9-27-18)33-12-15-10-32-11-15/h3-5,8-9,15,20H,6-7,10-13H2,1-2H3,(H2,26,29)/t20-,23+,24+/m0/s1. The molecule has 1 aromatic heterocycles. The highest BCUT2D eigenvalue weighted by atomic mass is 32.2. The van der Waals surface area contributed by atoms with Crippen LogP contribution in [0.1, 0.15) is 35.0 Å². The monoisotopic (exact) mass is 486 g/mol. The maximum absolute atomic E-state index is 15.0. The summed E-state index contributed by atoms with van der Waals surface area (Å²) in [7, 11) is 1.65. The number of fused-ring (bicyclic) bond motifs is 1. The fourth-order valence-corrected chi connectivity index (χ4v) is 6.24. The first-order chi connectivity index (χ1) is 16.3. The van der Waals surface area contributed by atoms with Crippen molar-refractivity contribution in [3.05, 3.63) is 53.2 Å². The summed E-state index contributed by atoms with van der Waals surface area (Å²) in [6.07, 6.45) is 3.77. The summed E-state index contributed by atoms with van der Waals surface area (Å²) < 4.78 is 30.9. The summed E-state index contributed by atoms with van der Waals surface area (Å²) in [5.41, 5.74) is 6.67. The number of amidine groups is 1. The van der Waals surface area contributed by atoms with E-state index in [9.17, 15) is 4.79 Å². The molecule has 5 rings (SSSR count). The minimum absolute atomic E-state index is 0.0689. The lowest BCUT2D eigenvalue weighted by molar-refractivity contribution is -0.0514. The number of halogens is 1. The Morgan fingerprint density at radius 1 is 1.32 bits per heavy atom. The van der Waals surface area contributed by atoms with Crippen LogP contribution in [0, 0.1) is 17.7 Å². The lowest BCUT2D eigenvalue weighted by Gasteiger charge is -2.34. The molecule has 2 fully saturated rings. The molecule has 3 aliphatic rings. The average Bonchev–Trinajstić information content (AvgIpc) is 3.49. The van der Waals surface area contributed by atoms with Crippen molar-refractivity contribution in [2.45, 2.75) is 30.1 Å². The van der Waals surface area contributed by atoms with Gasteiger partial charge in [-0.15, -0.1) is 0 Å². The molecular weight excluding hydrogens is 459 g/mol. The van der Waals surface area contributed by atoms with Gasteiger partial charge in [-0.2, -0.15) is 0 Å². The highest BCUT2D eigenvalue weighted by molar-refractivity contribution is 8.15. The van der Waals surface area contributed by atoms with Crippen LogP contribution >= 0.6 is 11.8 Å². The summed E-state index contributed by atoms with van der Waals surface area (Å²) >= 11 is 1.51. The van der Waals surface area contributed by atoms with E-state index in [1.807, 2.05) is 6.92 Å².